The molecule has 1 saturated heterocycles. The molecular formula is C24H32F2N2O. The Bertz CT molecular complexity index is 812. The molecule has 5 heteroatoms. The van der Waals surface area contributed by atoms with E-state index < -0.39 is 11.6 Å². The topological polar surface area (TPSA) is 32.3 Å². The molecular weight excluding hydrogens is 370 g/mol. The lowest BCUT2D eigenvalue weighted by molar-refractivity contribution is -0.117. The molecule has 1 aromatic carbocycles. The molecule has 1 aliphatic carbocycles. The molecule has 1 N–H and O–H groups in total. The van der Waals surface area contributed by atoms with Crippen LogP contribution in [0, 0.1) is 18.6 Å². The Labute approximate surface area is 172 Å². The van der Waals surface area contributed by atoms with Crippen LogP contribution in [0.4, 0.5) is 8.78 Å². The number of amides is 1. The number of hydrogen-bond acceptors (Lipinski definition) is 2. The number of likely N-dealkylation sites (tertiary alicyclic amines) is 1. The zero-order valence-electron chi connectivity index (χ0n) is 17.8. The van der Waals surface area contributed by atoms with E-state index in [-0.39, 0.29) is 11.3 Å². The highest BCUT2D eigenvalue weighted by molar-refractivity contribution is 5.95. The van der Waals surface area contributed by atoms with Crippen molar-refractivity contribution in [2.75, 3.05) is 13.1 Å². The third-order valence-electron chi connectivity index (χ3n) is 6.84. The summed E-state index contributed by atoms with van der Waals surface area (Å²) in [6.45, 7) is 11.3. The molecule has 0 radical (unpaired) electrons. The molecule has 1 amide bonds. The summed E-state index contributed by atoms with van der Waals surface area (Å²) in [6, 6.07) is 2.41. The van der Waals surface area contributed by atoms with Gasteiger partial charge in [-0.1, -0.05) is 19.1 Å². The number of hydrogen-bond donors (Lipinski definition) is 1. The monoisotopic (exact) mass is 402 g/mol. The normalized spacial score (nSPS) is 19.3. The van der Waals surface area contributed by atoms with Crippen molar-refractivity contribution < 1.29 is 13.6 Å². The minimum Gasteiger partial charge on any atom is -0.359 e. The van der Waals surface area contributed by atoms with Gasteiger partial charge < -0.3 is 10.2 Å². The Morgan fingerprint density at radius 2 is 1.83 bits per heavy atom. The van der Waals surface area contributed by atoms with E-state index in [0.29, 0.717) is 30.0 Å². The second kappa shape index (κ2) is 8.68. The van der Waals surface area contributed by atoms with Crippen LogP contribution in [-0.2, 0) is 10.2 Å². The van der Waals surface area contributed by atoms with E-state index in [1.54, 1.807) is 6.92 Å². The number of carbonyl (C=O) groups is 1. The summed E-state index contributed by atoms with van der Waals surface area (Å²) in [6.07, 6.45) is 6.28. The quantitative estimate of drug-likeness (QED) is 0.706. The fourth-order valence-electron chi connectivity index (χ4n) is 5.01. The fraction of sp³-hybridized carbons (Fsp3) is 0.542. The number of piperidine rings is 1. The van der Waals surface area contributed by atoms with E-state index in [9.17, 15) is 13.6 Å². The van der Waals surface area contributed by atoms with Crippen molar-refractivity contribution in [2.24, 2.45) is 0 Å². The maximum atomic E-state index is 14.7. The Morgan fingerprint density at radius 3 is 2.41 bits per heavy atom. The highest BCUT2D eigenvalue weighted by Gasteiger charge is 2.38. The van der Waals surface area contributed by atoms with Crippen LogP contribution in [0.15, 0.2) is 35.7 Å². The molecule has 1 aliphatic heterocycles. The Hall–Kier alpha value is -2.17. The summed E-state index contributed by atoms with van der Waals surface area (Å²) in [5.74, 6) is -0.415. The van der Waals surface area contributed by atoms with Crippen LogP contribution in [0.3, 0.4) is 0 Å². The predicted molar refractivity (Wildman–Crippen MR) is 112 cm³/mol. The highest BCUT2D eigenvalue weighted by atomic mass is 19.1. The zero-order chi connectivity index (χ0) is 21.2. The first-order chi connectivity index (χ1) is 13.8. The van der Waals surface area contributed by atoms with Gasteiger partial charge in [0.05, 0.1) is 0 Å². The Morgan fingerprint density at radius 1 is 1.17 bits per heavy atom. The largest absolute Gasteiger partial charge is 0.359 e. The molecule has 2 aliphatic rings. The number of carbonyl (C=O) groups excluding carboxylic acids is 1. The van der Waals surface area contributed by atoms with Crippen molar-refractivity contribution >= 4 is 5.91 Å². The number of nitrogens with one attached hydrogen (secondary N) is 1. The number of allylic oxidation sites excluding steroid dienone is 1. The van der Waals surface area contributed by atoms with Crippen LogP contribution >= 0.6 is 0 Å². The summed E-state index contributed by atoms with van der Waals surface area (Å²) in [5.41, 5.74) is 3.06. The maximum Gasteiger partial charge on any atom is 0.252 e. The van der Waals surface area contributed by atoms with Crippen molar-refractivity contribution in [1.82, 2.24) is 10.2 Å². The maximum absolute atomic E-state index is 14.7. The lowest BCUT2D eigenvalue weighted by Gasteiger charge is -2.44. The highest BCUT2D eigenvalue weighted by Crippen LogP contribution is 2.42. The van der Waals surface area contributed by atoms with Crippen molar-refractivity contribution in [3.8, 4) is 0 Å². The number of nitrogens with zero attached hydrogens (tertiary/aromatic N) is 1. The van der Waals surface area contributed by atoms with Crippen molar-refractivity contribution in [2.45, 2.75) is 71.1 Å². The molecule has 0 saturated carbocycles. The van der Waals surface area contributed by atoms with Crippen LogP contribution in [0.5, 0.6) is 0 Å². The first kappa shape index (κ1) is 21.5. The zero-order valence-corrected chi connectivity index (χ0v) is 17.8. The first-order valence-electron chi connectivity index (χ1n) is 10.7. The van der Waals surface area contributed by atoms with Gasteiger partial charge in [0, 0.05) is 30.1 Å². The van der Waals surface area contributed by atoms with Crippen molar-refractivity contribution in [1.29, 1.82) is 0 Å². The van der Waals surface area contributed by atoms with E-state index in [1.165, 1.54) is 11.6 Å². The van der Waals surface area contributed by atoms with Crippen LogP contribution in [0.2, 0.25) is 0 Å². The molecule has 158 valence electrons. The summed E-state index contributed by atoms with van der Waals surface area (Å²) in [4.78, 5) is 14.7. The van der Waals surface area contributed by atoms with Crippen molar-refractivity contribution in [3.63, 3.8) is 0 Å². The predicted octanol–water partition coefficient (Wildman–Crippen LogP) is 5.49. The number of benzene rings is 1. The number of halogens is 2. The van der Waals surface area contributed by atoms with Crippen LogP contribution in [0.1, 0.15) is 69.9 Å². The molecule has 0 atom stereocenters. The van der Waals surface area contributed by atoms with Gasteiger partial charge in [-0.2, -0.15) is 0 Å². The second-order valence-electron chi connectivity index (χ2n) is 8.57. The fourth-order valence-corrected chi connectivity index (χ4v) is 5.01. The molecule has 0 unspecified atom stereocenters. The van der Waals surface area contributed by atoms with Crippen molar-refractivity contribution in [3.05, 3.63) is 58.4 Å². The summed E-state index contributed by atoms with van der Waals surface area (Å²) < 4.78 is 28.2. The first-order valence-corrected chi connectivity index (χ1v) is 10.7. The molecule has 3 nitrogen and oxygen atoms in total. The number of aryl methyl sites for hydroxylation is 1. The Balaban J connectivity index is 1.69. The third kappa shape index (κ3) is 4.39. The molecule has 3 rings (SSSR count). The third-order valence-corrected chi connectivity index (χ3v) is 6.84. The van der Waals surface area contributed by atoms with E-state index >= 15 is 0 Å². The molecule has 1 aromatic rings. The molecule has 1 fully saturated rings. The van der Waals surface area contributed by atoms with Gasteiger partial charge in [0.25, 0.3) is 5.91 Å². The van der Waals surface area contributed by atoms with Gasteiger partial charge in [0.15, 0.2) is 0 Å². The Kier molecular flexibility index (Phi) is 6.45. The number of rotatable bonds is 5. The van der Waals surface area contributed by atoms with Crippen LogP contribution in [-0.4, -0.2) is 23.9 Å². The summed E-state index contributed by atoms with van der Waals surface area (Å²) in [7, 11) is 0. The van der Waals surface area contributed by atoms with Gasteiger partial charge in [-0.05, 0) is 76.0 Å². The van der Waals surface area contributed by atoms with E-state index in [1.807, 2.05) is 6.92 Å². The van der Waals surface area contributed by atoms with Gasteiger partial charge >= 0.3 is 0 Å². The SMILES string of the molecule is C=C(NC(=O)C1=C(C)CCCC1)N1CCC(CC)(c2c(C)cc(F)cc2F)CC1. The van der Waals surface area contributed by atoms with E-state index in [0.717, 1.165) is 56.6 Å². The standard InChI is InChI=1S/C24H32F2N2O/c1-5-24(22-17(3)14-19(25)15-21(22)26)10-12-28(13-11-24)18(4)27-23(29)20-9-7-6-8-16(20)2/h14-15H,4-13H2,1-3H3,(H,27,29). The average molecular weight is 403 g/mol. The lowest BCUT2D eigenvalue weighted by Crippen LogP contribution is -2.46. The van der Waals surface area contributed by atoms with Gasteiger partial charge in [-0.15, -0.1) is 0 Å². The van der Waals surface area contributed by atoms with Gasteiger partial charge in [0.2, 0.25) is 0 Å². The molecule has 0 bridgehead atoms. The lowest BCUT2D eigenvalue weighted by atomic mass is 9.69. The van der Waals surface area contributed by atoms with Crippen LogP contribution < -0.4 is 5.32 Å². The van der Waals surface area contributed by atoms with E-state index in [4.69, 9.17) is 0 Å². The molecule has 0 aromatic heterocycles. The van der Waals surface area contributed by atoms with Crippen LogP contribution in [0.25, 0.3) is 0 Å². The smallest absolute Gasteiger partial charge is 0.252 e. The summed E-state index contributed by atoms with van der Waals surface area (Å²) >= 11 is 0. The van der Waals surface area contributed by atoms with Gasteiger partial charge in [-0.25, -0.2) is 8.78 Å². The second-order valence-corrected chi connectivity index (χ2v) is 8.57. The molecule has 29 heavy (non-hydrogen) atoms. The average Bonchev–Trinajstić information content (AvgIpc) is 2.67. The summed E-state index contributed by atoms with van der Waals surface area (Å²) in [5, 5.41) is 2.98. The van der Waals surface area contributed by atoms with E-state index in [2.05, 4.69) is 23.7 Å². The molecule has 0 spiro atoms. The minimum atomic E-state index is -0.532. The van der Waals surface area contributed by atoms with Gasteiger partial charge in [-0.3, -0.25) is 4.79 Å². The van der Waals surface area contributed by atoms with Gasteiger partial charge in [0.1, 0.15) is 17.5 Å². The minimum absolute atomic E-state index is 0.0417. The molecule has 1 heterocycles.